The predicted octanol–water partition coefficient (Wildman–Crippen LogP) is 2.63. The lowest BCUT2D eigenvalue weighted by Gasteiger charge is -2.30. The number of hydrogen-bond donors (Lipinski definition) is 1. The van der Waals surface area contributed by atoms with Gasteiger partial charge in [0.1, 0.15) is 0 Å². The van der Waals surface area contributed by atoms with Gasteiger partial charge in [0.25, 0.3) is 0 Å². The van der Waals surface area contributed by atoms with Crippen molar-refractivity contribution in [1.29, 1.82) is 0 Å². The molecule has 0 bridgehead atoms. The highest BCUT2D eigenvalue weighted by molar-refractivity contribution is 8.06. The van der Waals surface area contributed by atoms with Crippen LogP contribution >= 0.6 is 23.5 Å². The molecule has 0 saturated carbocycles. The van der Waals surface area contributed by atoms with Gasteiger partial charge in [0.15, 0.2) is 0 Å². The number of ether oxygens (including phenoxy) is 1. The maximum absolute atomic E-state index is 5.14. The lowest BCUT2D eigenvalue weighted by Crippen LogP contribution is -2.41. The minimum absolute atomic E-state index is 0.688. The average Bonchev–Trinajstić information content (AvgIpc) is 2.35. The fourth-order valence-corrected chi connectivity index (χ4v) is 4.86. The van der Waals surface area contributed by atoms with Crippen LogP contribution in [0.5, 0.6) is 0 Å². The second-order valence-corrected chi connectivity index (χ2v) is 6.68. The van der Waals surface area contributed by atoms with Crippen LogP contribution in [0.1, 0.15) is 26.2 Å². The van der Waals surface area contributed by atoms with Crippen molar-refractivity contribution in [1.82, 2.24) is 5.32 Å². The van der Waals surface area contributed by atoms with Gasteiger partial charge >= 0.3 is 0 Å². The van der Waals surface area contributed by atoms with Gasteiger partial charge in [-0.05, 0) is 25.8 Å². The predicted molar refractivity (Wildman–Crippen MR) is 76.8 cm³/mol. The quantitative estimate of drug-likeness (QED) is 0.679. The zero-order chi connectivity index (χ0) is 11.6. The molecule has 0 aromatic heterocycles. The minimum Gasteiger partial charge on any atom is -0.385 e. The summed E-state index contributed by atoms with van der Waals surface area (Å²) in [4.78, 5) is 0. The van der Waals surface area contributed by atoms with Gasteiger partial charge in [-0.15, -0.1) is 0 Å². The molecule has 0 radical (unpaired) electrons. The second-order valence-electron chi connectivity index (χ2n) is 4.18. The summed E-state index contributed by atoms with van der Waals surface area (Å²) in [5, 5.41) is 4.52. The summed E-state index contributed by atoms with van der Waals surface area (Å²) in [6.07, 6.45) is 3.66. The fourth-order valence-electron chi connectivity index (χ4n) is 1.94. The molecule has 1 saturated heterocycles. The summed E-state index contributed by atoms with van der Waals surface area (Å²) in [5.41, 5.74) is 0. The first-order chi connectivity index (χ1) is 7.88. The molecule has 2 unspecified atom stereocenters. The first-order valence-electron chi connectivity index (χ1n) is 6.30. The van der Waals surface area contributed by atoms with Crippen LogP contribution in [-0.2, 0) is 4.74 Å². The molecule has 4 heteroatoms. The Morgan fingerprint density at radius 3 is 2.94 bits per heavy atom. The molecule has 1 rings (SSSR count). The van der Waals surface area contributed by atoms with E-state index < -0.39 is 0 Å². The Kier molecular flexibility index (Phi) is 8.84. The highest BCUT2D eigenvalue weighted by Gasteiger charge is 2.23. The van der Waals surface area contributed by atoms with Gasteiger partial charge in [0.2, 0.25) is 0 Å². The second kappa shape index (κ2) is 9.63. The third kappa shape index (κ3) is 5.80. The molecular formula is C12H25NOS2. The molecule has 0 aromatic carbocycles. The molecule has 0 amide bonds. The van der Waals surface area contributed by atoms with Gasteiger partial charge in [-0.3, -0.25) is 0 Å². The molecule has 1 fully saturated rings. The Bertz CT molecular complexity index is 163. The number of methoxy groups -OCH3 is 1. The first-order valence-corrected chi connectivity index (χ1v) is 8.50. The molecule has 0 aromatic rings. The third-order valence-electron chi connectivity index (χ3n) is 2.81. The molecule has 2 atom stereocenters. The first kappa shape index (κ1) is 14.7. The van der Waals surface area contributed by atoms with E-state index >= 15 is 0 Å². The van der Waals surface area contributed by atoms with E-state index in [0.29, 0.717) is 6.04 Å². The average molecular weight is 263 g/mol. The minimum atomic E-state index is 0.688. The van der Waals surface area contributed by atoms with Crippen molar-refractivity contribution >= 4 is 23.5 Å². The summed E-state index contributed by atoms with van der Waals surface area (Å²) in [6, 6.07) is 0.688. The largest absolute Gasteiger partial charge is 0.385 e. The normalized spacial score (nSPS) is 23.2. The Labute approximate surface area is 109 Å². The van der Waals surface area contributed by atoms with Crippen molar-refractivity contribution in [2.24, 2.45) is 0 Å². The Hall–Kier alpha value is 0.620. The number of nitrogens with one attached hydrogen (secondary N) is 1. The monoisotopic (exact) mass is 263 g/mol. The number of hydrogen-bond acceptors (Lipinski definition) is 4. The van der Waals surface area contributed by atoms with Gasteiger partial charge in [-0.2, -0.15) is 23.5 Å². The van der Waals surface area contributed by atoms with E-state index in [1.165, 1.54) is 36.5 Å². The maximum atomic E-state index is 5.14. The number of thioether (sulfide) groups is 2. The number of rotatable bonds is 8. The van der Waals surface area contributed by atoms with Crippen molar-refractivity contribution in [3.05, 3.63) is 0 Å². The smallest absolute Gasteiger partial charge is 0.0462 e. The SMILES string of the molecule is CCCNC(CCCOC)C1CSCCS1. The summed E-state index contributed by atoms with van der Waals surface area (Å²) in [6.45, 7) is 4.29. The van der Waals surface area contributed by atoms with Crippen LogP contribution in [-0.4, -0.2) is 48.8 Å². The summed E-state index contributed by atoms with van der Waals surface area (Å²) in [7, 11) is 1.79. The lowest BCUT2D eigenvalue weighted by molar-refractivity contribution is 0.188. The van der Waals surface area contributed by atoms with E-state index in [2.05, 4.69) is 35.8 Å². The van der Waals surface area contributed by atoms with E-state index in [1.54, 1.807) is 7.11 Å². The van der Waals surface area contributed by atoms with Crippen LogP contribution in [0, 0.1) is 0 Å². The van der Waals surface area contributed by atoms with E-state index in [-0.39, 0.29) is 0 Å². The van der Waals surface area contributed by atoms with Crippen molar-refractivity contribution < 1.29 is 4.74 Å². The van der Waals surface area contributed by atoms with Gasteiger partial charge in [-0.1, -0.05) is 6.92 Å². The molecule has 1 heterocycles. The molecule has 1 aliphatic rings. The van der Waals surface area contributed by atoms with Crippen molar-refractivity contribution in [2.45, 2.75) is 37.5 Å². The van der Waals surface area contributed by atoms with E-state index in [0.717, 1.165) is 18.4 Å². The van der Waals surface area contributed by atoms with Crippen molar-refractivity contribution in [3.8, 4) is 0 Å². The Morgan fingerprint density at radius 1 is 1.44 bits per heavy atom. The fraction of sp³-hybridized carbons (Fsp3) is 1.00. The van der Waals surface area contributed by atoms with E-state index in [9.17, 15) is 0 Å². The van der Waals surface area contributed by atoms with Crippen molar-refractivity contribution in [3.63, 3.8) is 0 Å². The van der Waals surface area contributed by atoms with Crippen molar-refractivity contribution in [2.75, 3.05) is 37.5 Å². The Balaban J connectivity index is 2.28. The van der Waals surface area contributed by atoms with E-state index in [4.69, 9.17) is 4.74 Å². The van der Waals surface area contributed by atoms with Crippen LogP contribution in [0.15, 0.2) is 0 Å². The maximum Gasteiger partial charge on any atom is 0.0462 e. The lowest BCUT2D eigenvalue weighted by atomic mass is 10.1. The van der Waals surface area contributed by atoms with Gasteiger partial charge in [0, 0.05) is 42.3 Å². The third-order valence-corrected chi connectivity index (χ3v) is 5.73. The molecule has 96 valence electrons. The van der Waals surface area contributed by atoms with Crippen LogP contribution < -0.4 is 5.32 Å². The van der Waals surface area contributed by atoms with Crippen LogP contribution in [0.25, 0.3) is 0 Å². The molecule has 16 heavy (non-hydrogen) atoms. The van der Waals surface area contributed by atoms with Gasteiger partial charge in [0.05, 0.1) is 0 Å². The summed E-state index contributed by atoms with van der Waals surface area (Å²) in [5.74, 6) is 3.97. The summed E-state index contributed by atoms with van der Waals surface area (Å²) >= 11 is 4.27. The highest BCUT2D eigenvalue weighted by atomic mass is 32.2. The molecular weight excluding hydrogens is 238 g/mol. The van der Waals surface area contributed by atoms with Crippen LogP contribution in [0.2, 0.25) is 0 Å². The summed E-state index contributed by atoms with van der Waals surface area (Å²) < 4.78 is 5.14. The molecule has 1 aliphatic heterocycles. The zero-order valence-electron chi connectivity index (χ0n) is 10.5. The standard InChI is InChI=1S/C12H25NOS2/c1-3-6-13-11(5-4-7-14-2)12-10-15-8-9-16-12/h11-13H,3-10H2,1-2H3. The topological polar surface area (TPSA) is 21.3 Å². The van der Waals surface area contributed by atoms with E-state index in [1.807, 2.05) is 0 Å². The molecule has 2 nitrogen and oxygen atoms in total. The van der Waals surface area contributed by atoms with Crippen LogP contribution in [0.4, 0.5) is 0 Å². The molecule has 0 aliphatic carbocycles. The Morgan fingerprint density at radius 2 is 2.31 bits per heavy atom. The van der Waals surface area contributed by atoms with Gasteiger partial charge in [-0.25, -0.2) is 0 Å². The zero-order valence-corrected chi connectivity index (χ0v) is 12.2. The van der Waals surface area contributed by atoms with Crippen LogP contribution in [0.3, 0.4) is 0 Å². The molecule has 1 N–H and O–H groups in total. The highest BCUT2D eigenvalue weighted by Crippen LogP contribution is 2.28. The molecule has 0 spiro atoms. The van der Waals surface area contributed by atoms with Gasteiger partial charge < -0.3 is 10.1 Å².